The molecule has 0 saturated carbocycles. The van der Waals surface area contributed by atoms with Crippen LogP contribution in [0.25, 0.3) is 0 Å². The molecule has 0 nitrogen and oxygen atoms in total. The van der Waals surface area contributed by atoms with Crippen LogP contribution in [0.2, 0.25) is 10.0 Å². The van der Waals surface area contributed by atoms with Crippen LogP contribution in [-0.2, 0) is 0 Å². The van der Waals surface area contributed by atoms with Crippen molar-refractivity contribution in [3.8, 4) is 0 Å². The van der Waals surface area contributed by atoms with Crippen molar-refractivity contribution in [3.05, 3.63) is 69.7 Å². The fraction of sp³-hybridized carbons (Fsp3) is 0.143. The molecule has 0 spiro atoms. The van der Waals surface area contributed by atoms with Crippen molar-refractivity contribution in [1.29, 1.82) is 0 Å². The molecule has 0 amide bonds. The molecule has 4 heteroatoms. The van der Waals surface area contributed by atoms with Crippen molar-refractivity contribution >= 4 is 55.1 Å². The van der Waals surface area contributed by atoms with Gasteiger partial charge in [-0.25, -0.2) is 0 Å². The van der Waals surface area contributed by atoms with E-state index >= 15 is 0 Å². The maximum absolute atomic E-state index is 5.92. The number of hydrogen-bond acceptors (Lipinski definition) is 0. The highest BCUT2D eigenvalue weighted by atomic mass is 79.9. The SMILES string of the molecule is Clc1ccc(C(c2ccc(Cl)cc2)C(Br)Br)cc1. The Morgan fingerprint density at radius 3 is 1.28 bits per heavy atom. The van der Waals surface area contributed by atoms with E-state index in [0.29, 0.717) is 0 Å². The van der Waals surface area contributed by atoms with E-state index in [-0.39, 0.29) is 9.65 Å². The van der Waals surface area contributed by atoms with E-state index in [9.17, 15) is 0 Å². The molecule has 0 fully saturated rings. The molecule has 0 aliphatic rings. The standard InChI is InChI=1S/C14H10Br2Cl2/c15-14(16)13(9-1-5-11(17)6-2-9)10-3-7-12(18)8-4-10/h1-8,13-14H. The summed E-state index contributed by atoms with van der Waals surface area (Å²) in [5.74, 6) is 0.208. The van der Waals surface area contributed by atoms with Crippen LogP contribution in [0.15, 0.2) is 48.5 Å². The van der Waals surface area contributed by atoms with Gasteiger partial charge in [-0.2, -0.15) is 0 Å². The molecular weight excluding hydrogens is 399 g/mol. The summed E-state index contributed by atoms with van der Waals surface area (Å²) in [6.07, 6.45) is 0. The second kappa shape index (κ2) is 6.42. The third-order valence-corrected chi connectivity index (χ3v) is 4.27. The molecule has 0 bridgehead atoms. The van der Waals surface area contributed by atoms with Gasteiger partial charge in [0.1, 0.15) is 0 Å². The first kappa shape index (κ1) is 14.4. The lowest BCUT2D eigenvalue weighted by molar-refractivity contribution is 0.918. The molecule has 0 aliphatic heterocycles. The van der Waals surface area contributed by atoms with Gasteiger partial charge < -0.3 is 0 Å². The van der Waals surface area contributed by atoms with Crippen LogP contribution in [0.1, 0.15) is 17.0 Å². The Morgan fingerprint density at radius 1 is 0.667 bits per heavy atom. The topological polar surface area (TPSA) is 0 Å². The van der Waals surface area contributed by atoms with Crippen LogP contribution >= 0.6 is 55.1 Å². The zero-order valence-electron chi connectivity index (χ0n) is 9.29. The zero-order chi connectivity index (χ0) is 13.1. The molecule has 0 saturated heterocycles. The van der Waals surface area contributed by atoms with Crippen LogP contribution in [0.5, 0.6) is 0 Å². The molecule has 0 aromatic heterocycles. The highest BCUT2D eigenvalue weighted by Crippen LogP contribution is 2.36. The minimum absolute atomic E-state index is 0.146. The first-order chi connectivity index (χ1) is 8.58. The van der Waals surface area contributed by atoms with Crippen molar-refractivity contribution < 1.29 is 0 Å². The van der Waals surface area contributed by atoms with Gasteiger partial charge in [-0.1, -0.05) is 79.3 Å². The fourth-order valence-corrected chi connectivity index (χ4v) is 3.30. The van der Waals surface area contributed by atoms with E-state index in [1.165, 1.54) is 11.1 Å². The Kier molecular flexibility index (Phi) is 5.14. The third-order valence-electron chi connectivity index (χ3n) is 2.71. The molecule has 2 aromatic carbocycles. The van der Waals surface area contributed by atoms with Crippen molar-refractivity contribution in [1.82, 2.24) is 0 Å². The van der Waals surface area contributed by atoms with Gasteiger partial charge >= 0.3 is 0 Å². The maximum Gasteiger partial charge on any atom is 0.0806 e. The van der Waals surface area contributed by atoms with E-state index in [1.807, 2.05) is 48.5 Å². The monoisotopic (exact) mass is 406 g/mol. The summed E-state index contributed by atoms with van der Waals surface area (Å²) in [6.45, 7) is 0. The van der Waals surface area contributed by atoms with E-state index in [0.717, 1.165) is 10.0 Å². The van der Waals surface area contributed by atoms with Gasteiger partial charge in [0.15, 0.2) is 0 Å². The zero-order valence-corrected chi connectivity index (χ0v) is 14.0. The predicted molar refractivity (Wildman–Crippen MR) is 86.4 cm³/mol. The van der Waals surface area contributed by atoms with E-state index in [1.54, 1.807) is 0 Å². The first-order valence-electron chi connectivity index (χ1n) is 5.37. The molecule has 18 heavy (non-hydrogen) atoms. The number of benzene rings is 2. The van der Waals surface area contributed by atoms with E-state index in [4.69, 9.17) is 23.2 Å². The first-order valence-corrected chi connectivity index (χ1v) is 7.96. The van der Waals surface area contributed by atoms with Gasteiger partial charge in [0, 0.05) is 16.0 Å². The molecule has 2 aromatic rings. The van der Waals surface area contributed by atoms with E-state index in [2.05, 4.69) is 31.9 Å². The van der Waals surface area contributed by atoms with Crippen LogP contribution in [0.3, 0.4) is 0 Å². The summed E-state index contributed by atoms with van der Waals surface area (Å²) < 4.78 is 0.146. The predicted octanol–water partition coefficient (Wildman–Crippen LogP) is 6.24. The Labute approximate surface area is 134 Å². The second-order valence-corrected chi connectivity index (χ2v) is 7.99. The molecule has 94 valence electrons. The van der Waals surface area contributed by atoms with Crippen molar-refractivity contribution in [2.24, 2.45) is 0 Å². The summed E-state index contributed by atoms with van der Waals surface area (Å²) in [5, 5.41) is 1.49. The Hall–Kier alpha value is -0.0200. The second-order valence-electron chi connectivity index (χ2n) is 3.92. The summed E-state index contributed by atoms with van der Waals surface area (Å²) in [4.78, 5) is 0. The summed E-state index contributed by atoms with van der Waals surface area (Å²) in [7, 11) is 0. The maximum atomic E-state index is 5.92. The van der Waals surface area contributed by atoms with Crippen LogP contribution < -0.4 is 0 Å². The molecule has 0 heterocycles. The Morgan fingerprint density at radius 2 is 1.00 bits per heavy atom. The molecular formula is C14H10Br2Cl2. The van der Waals surface area contributed by atoms with Gasteiger partial charge in [-0.05, 0) is 35.4 Å². The summed E-state index contributed by atoms with van der Waals surface area (Å²) >= 11 is 19.0. The molecule has 0 N–H and O–H groups in total. The van der Waals surface area contributed by atoms with Gasteiger partial charge in [0.2, 0.25) is 0 Å². The minimum atomic E-state index is 0.146. The van der Waals surface area contributed by atoms with Crippen molar-refractivity contribution in [2.45, 2.75) is 9.65 Å². The Bertz CT molecular complexity index is 461. The van der Waals surface area contributed by atoms with Gasteiger partial charge in [-0.3, -0.25) is 0 Å². The van der Waals surface area contributed by atoms with Gasteiger partial charge in [0.25, 0.3) is 0 Å². The van der Waals surface area contributed by atoms with Crippen molar-refractivity contribution in [3.63, 3.8) is 0 Å². The van der Waals surface area contributed by atoms with Crippen LogP contribution in [0.4, 0.5) is 0 Å². The summed E-state index contributed by atoms with van der Waals surface area (Å²) in [6, 6.07) is 15.8. The number of rotatable bonds is 3. The van der Waals surface area contributed by atoms with Gasteiger partial charge in [0.05, 0.1) is 3.74 Å². The Balaban J connectivity index is 2.39. The number of alkyl halides is 2. The molecule has 0 unspecified atom stereocenters. The van der Waals surface area contributed by atoms with Crippen LogP contribution in [0, 0.1) is 0 Å². The number of hydrogen-bond donors (Lipinski definition) is 0. The largest absolute Gasteiger partial charge is 0.0843 e. The molecule has 0 radical (unpaired) electrons. The van der Waals surface area contributed by atoms with Gasteiger partial charge in [-0.15, -0.1) is 0 Å². The van der Waals surface area contributed by atoms with Crippen LogP contribution in [-0.4, -0.2) is 3.74 Å². The van der Waals surface area contributed by atoms with E-state index < -0.39 is 0 Å². The smallest absolute Gasteiger partial charge is 0.0806 e. The average molecular weight is 409 g/mol. The number of halogens is 4. The lowest BCUT2D eigenvalue weighted by Crippen LogP contribution is -2.08. The highest BCUT2D eigenvalue weighted by Gasteiger charge is 2.20. The highest BCUT2D eigenvalue weighted by molar-refractivity contribution is 9.24. The third kappa shape index (κ3) is 3.51. The lowest BCUT2D eigenvalue weighted by Gasteiger charge is -2.19. The fourth-order valence-electron chi connectivity index (χ4n) is 1.82. The van der Waals surface area contributed by atoms with Crippen molar-refractivity contribution in [2.75, 3.05) is 0 Å². The summed E-state index contributed by atoms with van der Waals surface area (Å²) in [5.41, 5.74) is 2.39. The molecule has 0 atom stereocenters. The lowest BCUT2D eigenvalue weighted by atomic mass is 9.93. The molecule has 2 rings (SSSR count). The quantitative estimate of drug-likeness (QED) is 0.527. The minimum Gasteiger partial charge on any atom is -0.0843 e. The average Bonchev–Trinajstić information content (AvgIpc) is 2.34. The molecule has 0 aliphatic carbocycles. The normalized spacial score (nSPS) is 11.2.